The predicted molar refractivity (Wildman–Crippen MR) is 109 cm³/mol. The molecule has 1 aliphatic carbocycles. The zero-order valence-electron chi connectivity index (χ0n) is 17.2. The normalized spacial score (nSPS) is 21.8. The predicted octanol–water partition coefficient (Wildman–Crippen LogP) is 4.61. The van der Waals surface area contributed by atoms with Gasteiger partial charge in [0, 0.05) is 12.1 Å². The third-order valence-electron chi connectivity index (χ3n) is 5.38. The van der Waals surface area contributed by atoms with Crippen molar-refractivity contribution in [1.29, 1.82) is 0 Å². The first kappa shape index (κ1) is 21.4. The summed E-state index contributed by atoms with van der Waals surface area (Å²) in [5, 5.41) is 0. The Morgan fingerprint density at radius 3 is 1.92 bits per heavy atom. The maximum Gasteiger partial charge on any atom is 0.241 e. The largest absolute Gasteiger partial charge is 0.328 e. The first-order valence-corrected chi connectivity index (χ1v) is 11.5. The molecule has 0 heterocycles. The topological polar surface area (TPSA) is 72.2 Å². The van der Waals surface area contributed by atoms with Crippen LogP contribution in [0.3, 0.4) is 0 Å². The van der Waals surface area contributed by atoms with Crippen LogP contribution in [0.1, 0.15) is 102 Å². The summed E-state index contributed by atoms with van der Waals surface area (Å²) in [5.41, 5.74) is 9.11. The highest BCUT2D eigenvalue weighted by atomic mass is 32.2. The lowest BCUT2D eigenvalue weighted by atomic mass is 9.89. The Kier molecular flexibility index (Phi) is 6.92. The van der Waals surface area contributed by atoms with E-state index < -0.39 is 10.0 Å². The highest BCUT2D eigenvalue weighted by molar-refractivity contribution is 7.89. The van der Waals surface area contributed by atoms with Crippen molar-refractivity contribution in [2.24, 2.45) is 5.73 Å². The lowest BCUT2D eigenvalue weighted by Gasteiger charge is -2.29. The van der Waals surface area contributed by atoms with Crippen LogP contribution in [0.2, 0.25) is 0 Å². The van der Waals surface area contributed by atoms with Crippen molar-refractivity contribution in [3.05, 3.63) is 28.8 Å². The Morgan fingerprint density at radius 2 is 1.50 bits per heavy atom. The molecule has 1 aromatic carbocycles. The summed E-state index contributed by atoms with van der Waals surface area (Å²) in [5.74, 6) is 0.656. The Hall–Kier alpha value is -0.910. The molecule has 0 radical (unpaired) electrons. The maximum atomic E-state index is 13.4. The van der Waals surface area contributed by atoms with Gasteiger partial charge in [-0.05, 0) is 53.7 Å². The molecule has 148 valence electrons. The molecule has 1 saturated carbocycles. The van der Waals surface area contributed by atoms with Gasteiger partial charge in [-0.2, -0.15) is 0 Å². The minimum Gasteiger partial charge on any atom is -0.328 e. The molecule has 0 bridgehead atoms. The van der Waals surface area contributed by atoms with E-state index in [1.807, 2.05) is 0 Å². The molecule has 2 rings (SSSR count). The van der Waals surface area contributed by atoms with Crippen LogP contribution >= 0.6 is 0 Å². The summed E-state index contributed by atoms with van der Waals surface area (Å²) in [4.78, 5) is 0.492. The van der Waals surface area contributed by atoms with E-state index in [-0.39, 0.29) is 23.9 Å². The van der Waals surface area contributed by atoms with E-state index in [2.05, 4.69) is 58.4 Å². The van der Waals surface area contributed by atoms with Crippen LogP contribution in [-0.4, -0.2) is 20.5 Å². The number of nitrogens with one attached hydrogen (secondary N) is 1. The Bertz CT molecular complexity index is 695. The SMILES string of the molecule is CC(C)c1cc(C(C)C)c(S(=O)(=O)NC2CCCC(N)C2)c(C(C)C)c1. The van der Waals surface area contributed by atoms with Crippen molar-refractivity contribution in [2.45, 2.75) is 102 Å². The third-order valence-corrected chi connectivity index (χ3v) is 7.04. The van der Waals surface area contributed by atoms with Gasteiger partial charge < -0.3 is 5.73 Å². The van der Waals surface area contributed by atoms with E-state index in [1.165, 1.54) is 5.56 Å². The number of sulfonamides is 1. The molecule has 2 atom stereocenters. The number of nitrogens with two attached hydrogens (primary N) is 1. The standard InChI is InChI=1S/C21H36N2O2S/c1-13(2)16-10-19(14(3)4)21(20(11-16)15(5)6)26(24,25)23-18-9-7-8-17(22)12-18/h10-11,13-15,17-18,23H,7-9,12,22H2,1-6H3. The Morgan fingerprint density at radius 1 is 0.962 bits per heavy atom. The van der Waals surface area contributed by atoms with Gasteiger partial charge in [0.2, 0.25) is 10.0 Å². The Labute approximate surface area is 160 Å². The molecule has 0 saturated heterocycles. The third kappa shape index (κ3) is 4.87. The van der Waals surface area contributed by atoms with Gasteiger partial charge in [0.05, 0.1) is 4.90 Å². The average molecular weight is 381 g/mol. The van der Waals surface area contributed by atoms with Gasteiger partial charge in [0.1, 0.15) is 0 Å². The van der Waals surface area contributed by atoms with Crippen LogP contribution < -0.4 is 10.5 Å². The molecular weight excluding hydrogens is 344 g/mol. The van der Waals surface area contributed by atoms with Crippen LogP contribution in [0.5, 0.6) is 0 Å². The molecule has 0 aliphatic heterocycles. The van der Waals surface area contributed by atoms with E-state index >= 15 is 0 Å². The fraction of sp³-hybridized carbons (Fsp3) is 0.714. The van der Waals surface area contributed by atoms with Crippen LogP contribution in [0.15, 0.2) is 17.0 Å². The molecule has 1 aromatic rings. The molecule has 1 aliphatic rings. The summed E-state index contributed by atoms with van der Waals surface area (Å²) in [6, 6.07) is 4.20. The second-order valence-electron chi connectivity index (χ2n) is 8.74. The lowest BCUT2D eigenvalue weighted by Crippen LogP contribution is -2.42. The summed E-state index contributed by atoms with van der Waals surface area (Å²) in [6.07, 6.45) is 3.55. The van der Waals surface area contributed by atoms with Gasteiger partial charge in [-0.1, -0.05) is 60.1 Å². The monoisotopic (exact) mass is 380 g/mol. The van der Waals surface area contributed by atoms with E-state index in [1.54, 1.807) is 0 Å². The molecule has 0 aromatic heterocycles. The molecule has 0 spiro atoms. The summed E-state index contributed by atoms with van der Waals surface area (Å²) in [7, 11) is -3.58. The first-order chi connectivity index (χ1) is 12.0. The molecule has 1 fully saturated rings. The minimum absolute atomic E-state index is 0.0615. The minimum atomic E-state index is -3.58. The number of benzene rings is 1. The van der Waals surface area contributed by atoms with Gasteiger partial charge >= 0.3 is 0 Å². The Balaban J connectivity index is 2.54. The molecule has 4 nitrogen and oxygen atoms in total. The summed E-state index contributed by atoms with van der Waals surface area (Å²) >= 11 is 0. The quantitative estimate of drug-likeness (QED) is 0.757. The van der Waals surface area contributed by atoms with Crippen LogP contribution in [0.4, 0.5) is 0 Å². The van der Waals surface area contributed by atoms with Crippen LogP contribution in [0, 0.1) is 0 Å². The van der Waals surface area contributed by atoms with Crippen molar-refractivity contribution in [3.8, 4) is 0 Å². The van der Waals surface area contributed by atoms with E-state index in [0.717, 1.165) is 36.8 Å². The molecular formula is C21H36N2O2S. The maximum absolute atomic E-state index is 13.4. The second-order valence-corrected chi connectivity index (χ2v) is 10.4. The average Bonchev–Trinajstić information content (AvgIpc) is 2.52. The van der Waals surface area contributed by atoms with E-state index in [0.29, 0.717) is 10.8 Å². The van der Waals surface area contributed by atoms with E-state index in [9.17, 15) is 8.42 Å². The van der Waals surface area contributed by atoms with Crippen LogP contribution in [-0.2, 0) is 10.0 Å². The summed E-state index contributed by atoms with van der Waals surface area (Å²) in [6.45, 7) is 12.6. The highest BCUT2D eigenvalue weighted by Gasteiger charge is 2.30. The number of rotatable bonds is 6. The number of hydrogen-bond donors (Lipinski definition) is 2. The second kappa shape index (κ2) is 8.41. The smallest absolute Gasteiger partial charge is 0.241 e. The van der Waals surface area contributed by atoms with Crippen molar-refractivity contribution in [2.75, 3.05) is 0 Å². The molecule has 26 heavy (non-hydrogen) atoms. The zero-order valence-corrected chi connectivity index (χ0v) is 18.0. The number of hydrogen-bond acceptors (Lipinski definition) is 3. The van der Waals surface area contributed by atoms with Gasteiger partial charge in [0.25, 0.3) is 0 Å². The van der Waals surface area contributed by atoms with Crippen molar-refractivity contribution in [1.82, 2.24) is 4.72 Å². The van der Waals surface area contributed by atoms with Gasteiger partial charge in [-0.25, -0.2) is 13.1 Å². The van der Waals surface area contributed by atoms with Gasteiger partial charge in [0.15, 0.2) is 0 Å². The fourth-order valence-electron chi connectivity index (χ4n) is 3.81. The molecule has 5 heteroatoms. The van der Waals surface area contributed by atoms with Crippen LogP contribution in [0.25, 0.3) is 0 Å². The van der Waals surface area contributed by atoms with Gasteiger partial charge in [-0.15, -0.1) is 0 Å². The molecule has 2 unspecified atom stereocenters. The van der Waals surface area contributed by atoms with Crippen molar-refractivity contribution >= 4 is 10.0 Å². The van der Waals surface area contributed by atoms with E-state index in [4.69, 9.17) is 5.73 Å². The highest BCUT2D eigenvalue weighted by Crippen LogP contribution is 2.35. The van der Waals surface area contributed by atoms with Crippen molar-refractivity contribution < 1.29 is 8.42 Å². The van der Waals surface area contributed by atoms with Gasteiger partial charge in [-0.3, -0.25) is 0 Å². The summed E-state index contributed by atoms with van der Waals surface area (Å²) < 4.78 is 29.7. The molecule has 0 amide bonds. The zero-order chi connectivity index (χ0) is 19.6. The fourth-order valence-corrected chi connectivity index (χ4v) is 5.79. The molecule has 3 N–H and O–H groups in total. The first-order valence-electron chi connectivity index (χ1n) is 9.98. The lowest BCUT2D eigenvalue weighted by molar-refractivity contribution is 0.371. The van der Waals surface area contributed by atoms with Crippen molar-refractivity contribution in [3.63, 3.8) is 0 Å².